The molecule has 0 radical (unpaired) electrons. The smallest absolute Gasteiger partial charge is 0.222 e. The molecule has 8 nitrogen and oxygen atoms in total. The molecule has 204 valence electrons. The van der Waals surface area contributed by atoms with Crippen LogP contribution in [0.5, 0.6) is 5.75 Å². The van der Waals surface area contributed by atoms with Crippen molar-refractivity contribution in [2.45, 2.75) is 31.8 Å². The van der Waals surface area contributed by atoms with Crippen LogP contribution in [0.15, 0.2) is 60.8 Å². The highest BCUT2D eigenvalue weighted by Crippen LogP contribution is 2.39. The fraction of sp³-hybridized carbons (Fsp3) is 0.367. The Morgan fingerprint density at radius 2 is 1.85 bits per heavy atom. The van der Waals surface area contributed by atoms with Gasteiger partial charge in [-0.3, -0.25) is 4.90 Å². The van der Waals surface area contributed by atoms with Gasteiger partial charge in [0.15, 0.2) is 0 Å². The van der Waals surface area contributed by atoms with Gasteiger partial charge in [-0.05, 0) is 60.9 Å². The zero-order valence-electron chi connectivity index (χ0n) is 22.7. The van der Waals surface area contributed by atoms with Gasteiger partial charge in [0.05, 0.1) is 24.2 Å². The van der Waals surface area contributed by atoms with Gasteiger partial charge in [0, 0.05) is 64.6 Å². The Morgan fingerprint density at radius 3 is 2.56 bits per heavy atom. The molecule has 1 aliphatic rings. The van der Waals surface area contributed by atoms with Gasteiger partial charge in [-0.1, -0.05) is 12.1 Å². The monoisotopic (exact) mass is 530 g/mol. The Morgan fingerprint density at radius 1 is 1.05 bits per heavy atom. The Balaban J connectivity index is 1.50. The Hall–Kier alpha value is -3.82. The van der Waals surface area contributed by atoms with Crippen LogP contribution in [-0.4, -0.2) is 65.4 Å². The van der Waals surface area contributed by atoms with E-state index in [9.17, 15) is 4.39 Å². The number of ether oxygens (including phenoxy) is 2. The van der Waals surface area contributed by atoms with E-state index in [0.717, 1.165) is 73.1 Å². The SMILES string of the molecule is CNc1nccc(-c2c(-c3ccc(F)cc3)nc3n2[C@H](CN(CCCOC)Cc2ccc(OC)cc2)CC3)n1. The van der Waals surface area contributed by atoms with Gasteiger partial charge in [-0.2, -0.15) is 0 Å². The fourth-order valence-electron chi connectivity index (χ4n) is 5.27. The van der Waals surface area contributed by atoms with E-state index in [1.807, 2.05) is 18.2 Å². The number of methoxy groups -OCH3 is 2. The van der Waals surface area contributed by atoms with Crippen LogP contribution in [0.4, 0.5) is 10.3 Å². The largest absolute Gasteiger partial charge is 0.497 e. The number of imidazole rings is 1. The number of halogens is 1. The summed E-state index contributed by atoms with van der Waals surface area (Å²) in [5.74, 6) is 2.16. The minimum Gasteiger partial charge on any atom is -0.497 e. The van der Waals surface area contributed by atoms with Crippen molar-refractivity contribution in [3.8, 4) is 28.4 Å². The number of nitrogens with zero attached hydrogens (tertiary/aromatic N) is 5. The Kier molecular flexibility index (Phi) is 8.48. The standard InChI is InChI=1S/C30H35FN6O2/c1-32-30-33-16-15-26(34-30)29-28(22-7-9-23(31)10-8-22)35-27-14-11-24(37(27)29)20-36(17-4-18-38-2)19-21-5-12-25(39-3)13-6-21/h5-10,12-13,15-16,24H,4,11,14,17-20H2,1-3H3,(H,32,33,34)/t24-/m0/s1. The number of hydrogen-bond acceptors (Lipinski definition) is 7. The van der Waals surface area contributed by atoms with Crippen molar-refractivity contribution in [3.05, 3.63) is 78.0 Å². The number of benzene rings is 2. The first-order valence-corrected chi connectivity index (χ1v) is 13.3. The van der Waals surface area contributed by atoms with E-state index in [0.29, 0.717) is 12.6 Å². The van der Waals surface area contributed by atoms with Crippen molar-refractivity contribution in [3.63, 3.8) is 0 Å². The van der Waals surface area contributed by atoms with E-state index in [2.05, 4.69) is 31.9 Å². The first-order chi connectivity index (χ1) is 19.1. The van der Waals surface area contributed by atoms with Gasteiger partial charge in [0.25, 0.3) is 0 Å². The molecule has 1 atom stereocenters. The van der Waals surface area contributed by atoms with Crippen LogP contribution in [0.2, 0.25) is 0 Å². The van der Waals surface area contributed by atoms with Gasteiger partial charge in [0.1, 0.15) is 17.4 Å². The molecular weight excluding hydrogens is 495 g/mol. The molecule has 0 aliphatic carbocycles. The van der Waals surface area contributed by atoms with Crippen LogP contribution in [-0.2, 0) is 17.7 Å². The minimum absolute atomic E-state index is 0.213. The van der Waals surface area contributed by atoms with Crippen molar-refractivity contribution in [1.82, 2.24) is 24.4 Å². The minimum atomic E-state index is -0.269. The van der Waals surface area contributed by atoms with Crippen LogP contribution in [0, 0.1) is 5.82 Å². The lowest BCUT2D eigenvalue weighted by molar-refractivity contribution is 0.161. The molecule has 0 fully saturated rings. The average Bonchev–Trinajstić information content (AvgIpc) is 3.54. The third kappa shape index (κ3) is 6.10. The summed E-state index contributed by atoms with van der Waals surface area (Å²) in [7, 11) is 5.23. The molecule has 0 saturated carbocycles. The summed E-state index contributed by atoms with van der Waals surface area (Å²) in [5, 5.41) is 3.04. The highest BCUT2D eigenvalue weighted by atomic mass is 19.1. The first-order valence-electron chi connectivity index (χ1n) is 13.3. The van der Waals surface area contributed by atoms with E-state index < -0.39 is 0 Å². The number of nitrogens with one attached hydrogen (secondary N) is 1. The van der Waals surface area contributed by atoms with Crippen LogP contribution in [0.1, 0.15) is 30.3 Å². The van der Waals surface area contributed by atoms with E-state index in [4.69, 9.17) is 19.4 Å². The van der Waals surface area contributed by atoms with Crippen LogP contribution < -0.4 is 10.1 Å². The summed E-state index contributed by atoms with van der Waals surface area (Å²) in [6.45, 7) is 3.32. The highest BCUT2D eigenvalue weighted by Gasteiger charge is 2.32. The third-order valence-corrected chi connectivity index (χ3v) is 7.15. The highest BCUT2D eigenvalue weighted by molar-refractivity contribution is 5.78. The van der Waals surface area contributed by atoms with E-state index in [-0.39, 0.29) is 11.9 Å². The normalized spacial score (nSPS) is 14.5. The molecule has 9 heteroatoms. The van der Waals surface area contributed by atoms with E-state index in [1.165, 1.54) is 17.7 Å². The van der Waals surface area contributed by atoms with E-state index in [1.54, 1.807) is 39.6 Å². The van der Waals surface area contributed by atoms with Crippen LogP contribution in [0.3, 0.4) is 0 Å². The summed E-state index contributed by atoms with van der Waals surface area (Å²) >= 11 is 0. The lowest BCUT2D eigenvalue weighted by atomic mass is 10.1. The predicted octanol–water partition coefficient (Wildman–Crippen LogP) is 5.22. The average molecular weight is 531 g/mol. The predicted molar refractivity (Wildman–Crippen MR) is 150 cm³/mol. The molecule has 2 aromatic carbocycles. The lowest BCUT2D eigenvalue weighted by Crippen LogP contribution is -2.31. The Labute approximate surface area is 228 Å². The van der Waals surface area contributed by atoms with Gasteiger partial charge in [0.2, 0.25) is 5.95 Å². The molecule has 0 bridgehead atoms. The maximum atomic E-state index is 13.8. The topological polar surface area (TPSA) is 77.3 Å². The Bertz CT molecular complexity index is 1370. The second-order valence-corrected chi connectivity index (χ2v) is 9.74. The lowest BCUT2D eigenvalue weighted by Gasteiger charge is -2.27. The summed E-state index contributed by atoms with van der Waals surface area (Å²) in [5.41, 5.74) is 4.65. The number of anilines is 1. The van der Waals surface area contributed by atoms with Gasteiger partial charge in [-0.25, -0.2) is 19.3 Å². The number of fused-ring (bicyclic) bond motifs is 1. The number of rotatable bonds is 12. The molecule has 2 aromatic heterocycles. The molecule has 0 amide bonds. The quantitative estimate of drug-likeness (QED) is 0.252. The maximum Gasteiger partial charge on any atom is 0.222 e. The fourth-order valence-corrected chi connectivity index (χ4v) is 5.27. The van der Waals surface area contributed by atoms with Crippen molar-refractivity contribution >= 4 is 5.95 Å². The zero-order valence-corrected chi connectivity index (χ0v) is 22.7. The van der Waals surface area contributed by atoms with Crippen molar-refractivity contribution < 1.29 is 13.9 Å². The summed E-state index contributed by atoms with van der Waals surface area (Å²) < 4.78 is 26.8. The molecule has 4 aromatic rings. The molecule has 3 heterocycles. The molecular formula is C30H35FN6O2. The summed E-state index contributed by atoms with van der Waals surface area (Å²) in [6.07, 6.45) is 4.57. The molecule has 5 rings (SSSR count). The van der Waals surface area contributed by atoms with Crippen molar-refractivity contribution in [2.75, 3.05) is 46.3 Å². The van der Waals surface area contributed by atoms with Crippen molar-refractivity contribution in [2.24, 2.45) is 0 Å². The van der Waals surface area contributed by atoms with E-state index >= 15 is 0 Å². The molecule has 0 saturated heterocycles. The molecule has 1 N–H and O–H groups in total. The molecule has 0 unspecified atom stereocenters. The second kappa shape index (κ2) is 12.4. The zero-order chi connectivity index (χ0) is 27.2. The third-order valence-electron chi connectivity index (χ3n) is 7.15. The van der Waals surface area contributed by atoms with Crippen LogP contribution >= 0.6 is 0 Å². The number of aromatic nitrogens is 4. The number of hydrogen-bond donors (Lipinski definition) is 1. The molecule has 0 spiro atoms. The van der Waals surface area contributed by atoms with Gasteiger partial charge >= 0.3 is 0 Å². The first kappa shape index (κ1) is 26.8. The molecule has 1 aliphatic heterocycles. The maximum absolute atomic E-state index is 13.8. The van der Waals surface area contributed by atoms with Gasteiger partial charge in [-0.15, -0.1) is 0 Å². The van der Waals surface area contributed by atoms with Crippen LogP contribution in [0.25, 0.3) is 22.6 Å². The van der Waals surface area contributed by atoms with Gasteiger partial charge < -0.3 is 19.4 Å². The number of aryl methyl sites for hydroxylation is 1. The van der Waals surface area contributed by atoms with Crippen molar-refractivity contribution in [1.29, 1.82) is 0 Å². The summed E-state index contributed by atoms with van der Waals surface area (Å²) in [4.78, 5) is 16.6. The molecule has 39 heavy (non-hydrogen) atoms. The summed E-state index contributed by atoms with van der Waals surface area (Å²) in [6, 6.07) is 16.9. The second-order valence-electron chi connectivity index (χ2n) is 9.74.